The molecule has 1 aromatic carbocycles. The third-order valence-corrected chi connectivity index (χ3v) is 7.56. The summed E-state index contributed by atoms with van der Waals surface area (Å²) >= 11 is 0. The van der Waals surface area contributed by atoms with E-state index in [0.717, 1.165) is 55.3 Å². The number of sulfonamides is 1. The monoisotopic (exact) mass is 475 g/mol. The average molecular weight is 476 g/mol. The van der Waals surface area contributed by atoms with Gasteiger partial charge in [-0.05, 0) is 88.7 Å². The maximum absolute atomic E-state index is 13.0. The molecule has 2 aliphatic rings. The molecule has 1 aromatic heterocycles. The maximum Gasteiger partial charge on any atom is 0.333 e. The number of aromatic nitrogens is 2. The van der Waals surface area contributed by atoms with Gasteiger partial charge in [-0.15, -0.1) is 0 Å². The zero-order valence-electron chi connectivity index (χ0n) is 19.7. The Balaban J connectivity index is 1.57. The average Bonchev–Trinajstić information content (AvgIpc) is 3.44. The van der Waals surface area contributed by atoms with Gasteiger partial charge in [0.25, 0.3) is 10.0 Å². The van der Waals surface area contributed by atoms with Gasteiger partial charge in [-0.25, -0.2) is 9.52 Å². The van der Waals surface area contributed by atoms with E-state index < -0.39 is 21.7 Å². The molecule has 3 N–H and O–H groups in total. The van der Waals surface area contributed by atoms with E-state index in [-0.39, 0.29) is 5.03 Å². The third kappa shape index (κ3) is 4.92. The van der Waals surface area contributed by atoms with E-state index in [1.807, 2.05) is 19.0 Å². The molecular weight excluding hydrogens is 442 g/mol. The van der Waals surface area contributed by atoms with Gasteiger partial charge in [0.05, 0.1) is 12.2 Å². The summed E-state index contributed by atoms with van der Waals surface area (Å²) in [5.74, 6) is 0. The van der Waals surface area contributed by atoms with Crippen LogP contribution in [0, 0.1) is 0 Å². The highest BCUT2D eigenvalue weighted by Gasteiger charge is 2.30. The van der Waals surface area contributed by atoms with Crippen LogP contribution in [0.15, 0.2) is 17.2 Å². The fraction of sp³-hybridized carbons (Fsp3) is 0.565. The van der Waals surface area contributed by atoms with Crippen molar-refractivity contribution >= 4 is 21.7 Å². The lowest BCUT2D eigenvalue weighted by Gasteiger charge is -2.19. The molecule has 0 bridgehead atoms. The van der Waals surface area contributed by atoms with E-state index in [1.165, 1.54) is 21.9 Å². The number of aliphatic hydroxyl groups is 1. The minimum absolute atomic E-state index is 0.294. The van der Waals surface area contributed by atoms with Crippen molar-refractivity contribution in [1.29, 1.82) is 0 Å². The standard InChI is InChI=1S/C23H33N5O4S/c1-23(2,30)19-14-20(25-28(19)12-11-27(3)4)33(31,32)26-22(29)24-21-17-9-5-7-15(17)13-16-8-6-10-18(16)21/h13-14,30H,5-12H2,1-4H3,(H2,24,26,29). The van der Waals surface area contributed by atoms with Gasteiger partial charge >= 0.3 is 6.03 Å². The molecule has 2 aliphatic carbocycles. The molecule has 0 atom stereocenters. The van der Waals surface area contributed by atoms with Gasteiger partial charge in [0.15, 0.2) is 5.03 Å². The molecule has 180 valence electrons. The summed E-state index contributed by atoms with van der Waals surface area (Å²) in [6, 6.07) is 2.78. The summed E-state index contributed by atoms with van der Waals surface area (Å²) < 4.78 is 29.6. The Morgan fingerprint density at radius 3 is 2.27 bits per heavy atom. The first-order valence-corrected chi connectivity index (χ1v) is 12.9. The summed E-state index contributed by atoms with van der Waals surface area (Å²) in [4.78, 5) is 14.7. The zero-order valence-corrected chi connectivity index (χ0v) is 20.5. The highest BCUT2D eigenvalue weighted by atomic mass is 32.2. The van der Waals surface area contributed by atoms with E-state index in [0.29, 0.717) is 18.8 Å². The first-order chi connectivity index (χ1) is 15.5. The molecule has 33 heavy (non-hydrogen) atoms. The number of carbonyl (C=O) groups excluding carboxylic acids is 1. The zero-order chi connectivity index (χ0) is 24.0. The second-order valence-corrected chi connectivity index (χ2v) is 11.4. The lowest BCUT2D eigenvalue weighted by atomic mass is 9.99. The SMILES string of the molecule is CN(C)CCn1nc(S(=O)(=O)NC(=O)Nc2c3c(cc4c2CCC4)CCC3)cc1C(C)(C)O. The molecule has 0 saturated heterocycles. The summed E-state index contributed by atoms with van der Waals surface area (Å²) in [6.07, 6.45) is 5.82. The Labute approximate surface area is 195 Å². The van der Waals surface area contributed by atoms with Crippen molar-refractivity contribution in [3.8, 4) is 0 Å². The molecular formula is C23H33N5O4S. The van der Waals surface area contributed by atoms with Crippen molar-refractivity contribution in [2.45, 2.75) is 69.5 Å². The number of likely N-dealkylation sites (N-methyl/N-ethyl adjacent to an activating group) is 1. The number of amides is 2. The van der Waals surface area contributed by atoms with E-state index in [4.69, 9.17) is 0 Å². The number of anilines is 1. The van der Waals surface area contributed by atoms with Crippen molar-refractivity contribution in [1.82, 2.24) is 19.4 Å². The second-order valence-electron chi connectivity index (χ2n) is 9.75. The topological polar surface area (TPSA) is 117 Å². The van der Waals surface area contributed by atoms with Crippen molar-refractivity contribution in [2.75, 3.05) is 26.0 Å². The van der Waals surface area contributed by atoms with E-state index in [9.17, 15) is 18.3 Å². The number of hydrogen-bond acceptors (Lipinski definition) is 6. The van der Waals surface area contributed by atoms with Crippen LogP contribution < -0.4 is 10.0 Å². The molecule has 1 heterocycles. The minimum atomic E-state index is -4.23. The first-order valence-electron chi connectivity index (χ1n) is 11.4. The Morgan fingerprint density at radius 2 is 1.73 bits per heavy atom. The van der Waals surface area contributed by atoms with E-state index in [1.54, 1.807) is 13.8 Å². The molecule has 10 heteroatoms. The van der Waals surface area contributed by atoms with Crippen molar-refractivity contribution in [2.24, 2.45) is 0 Å². The van der Waals surface area contributed by atoms with Crippen LogP contribution in [0.25, 0.3) is 0 Å². The first kappa shape index (κ1) is 23.7. The Hall–Kier alpha value is -2.43. The van der Waals surface area contributed by atoms with Crippen molar-refractivity contribution < 1.29 is 18.3 Å². The fourth-order valence-corrected chi connectivity index (χ4v) is 5.64. The lowest BCUT2D eigenvalue weighted by molar-refractivity contribution is 0.0678. The molecule has 4 rings (SSSR count). The Bertz CT molecular complexity index is 1150. The molecule has 0 fully saturated rings. The van der Waals surface area contributed by atoms with Crippen molar-refractivity contribution in [3.05, 3.63) is 40.1 Å². The lowest BCUT2D eigenvalue weighted by Crippen LogP contribution is -2.35. The number of fused-ring (bicyclic) bond motifs is 2. The number of benzene rings is 1. The number of carbonyl (C=O) groups is 1. The smallest absolute Gasteiger partial charge is 0.333 e. The maximum atomic E-state index is 13.0. The van der Waals surface area contributed by atoms with Crippen LogP contribution in [-0.4, -0.2) is 54.9 Å². The summed E-state index contributed by atoms with van der Waals surface area (Å²) in [5, 5.41) is 17.2. The van der Waals surface area contributed by atoms with Crippen LogP contribution in [-0.2, 0) is 47.9 Å². The predicted octanol–water partition coefficient (Wildman–Crippen LogP) is 2.16. The number of nitrogens with one attached hydrogen (secondary N) is 2. The quantitative estimate of drug-likeness (QED) is 0.565. The molecule has 0 unspecified atom stereocenters. The van der Waals surface area contributed by atoms with Crippen LogP contribution in [0.4, 0.5) is 10.5 Å². The van der Waals surface area contributed by atoms with Gasteiger partial charge < -0.3 is 15.3 Å². The normalized spacial score (nSPS) is 15.6. The highest BCUT2D eigenvalue weighted by molar-refractivity contribution is 7.90. The predicted molar refractivity (Wildman–Crippen MR) is 126 cm³/mol. The molecule has 9 nitrogen and oxygen atoms in total. The van der Waals surface area contributed by atoms with Crippen molar-refractivity contribution in [3.63, 3.8) is 0 Å². The third-order valence-electron chi connectivity index (χ3n) is 6.36. The van der Waals surface area contributed by atoms with Gasteiger partial charge in [-0.3, -0.25) is 4.68 Å². The van der Waals surface area contributed by atoms with Crippen LogP contribution in [0.1, 0.15) is 54.6 Å². The fourth-order valence-electron chi connectivity index (χ4n) is 4.76. The van der Waals surface area contributed by atoms with Crippen LogP contribution in [0.3, 0.4) is 0 Å². The Morgan fingerprint density at radius 1 is 1.12 bits per heavy atom. The molecule has 0 radical (unpaired) electrons. The van der Waals surface area contributed by atoms with Crippen LogP contribution in [0.5, 0.6) is 0 Å². The van der Waals surface area contributed by atoms with Gasteiger partial charge in [0.2, 0.25) is 0 Å². The number of nitrogens with zero attached hydrogens (tertiary/aromatic N) is 3. The number of urea groups is 1. The van der Waals surface area contributed by atoms with E-state index in [2.05, 4.69) is 21.2 Å². The molecule has 2 amide bonds. The number of hydrogen-bond donors (Lipinski definition) is 3. The minimum Gasteiger partial charge on any atom is -0.384 e. The Kier molecular flexibility index (Phi) is 6.28. The van der Waals surface area contributed by atoms with Crippen LogP contribution >= 0.6 is 0 Å². The van der Waals surface area contributed by atoms with Crippen LogP contribution in [0.2, 0.25) is 0 Å². The molecule has 0 spiro atoms. The largest absolute Gasteiger partial charge is 0.384 e. The van der Waals surface area contributed by atoms with E-state index >= 15 is 0 Å². The van der Waals surface area contributed by atoms with Gasteiger partial charge in [-0.2, -0.15) is 13.5 Å². The highest BCUT2D eigenvalue weighted by Crippen LogP contribution is 2.38. The molecule has 0 aliphatic heterocycles. The molecule has 2 aromatic rings. The van der Waals surface area contributed by atoms with Gasteiger partial charge in [-0.1, -0.05) is 6.07 Å². The van der Waals surface area contributed by atoms with Gasteiger partial charge in [0, 0.05) is 18.3 Å². The number of rotatable bonds is 7. The summed E-state index contributed by atoms with van der Waals surface area (Å²) in [5.41, 5.74) is 4.61. The second kappa shape index (κ2) is 8.73. The molecule has 0 saturated carbocycles. The van der Waals surface area contributed by atoms with Gasteiger partial charge in [0.1, 0.15) is 5.60 Å². The summed E-state index contributed by atoms with van der Waals surface area (Å²) in [7, 11) is -0.434. The number of aryl methyl sites for hydroxylation is 2. The summed E-state index contributed by atoms with van der Waals surface area (Å²) in [6.45, 7) is 4.16.